The number of hydrogen-bond donors (Lipinski definition) is 1. The number of rotatable bonds is 2. The molecule has 0 aromatic heterocycles. The number of carbonyl (C=O) groups is 2. The van der Waals surface area contributed by atoms with Crippen LogP contribution in [0.25, 0.3) is 0 Å². The van der Waals surface area contributed by atoms with Crippen molar-refractivity contribution in [1.82, 2.24) is 5.32 Å². The first-order valence-corrected chi connectivity index (χ1v) is 8.69. The fourth-order valence-electron chi connectivity index (χ4n) is 3.99. The van der Waals surface area contributed by atoms with Gasteiger partial charge in [-0.25, -0.2) is 13.2 Å². The standard InChI is InChI=1S/C21H16F3NO2/c22-13-6-4-11(5-7-13)12-8-17-20(18(26)9-12)15(10-19(27)25-17)14-2-1-3-16(23)21(14)24/h1-7,12,15H,8-10H2,(H,25,27)/t12-,15+/m1/s1. The fourth-order valence-corrected chi connectivity index (χ4v) is 3.99. The monoisotopic (exact) mass is 371 g/mol. The van der Waals surface area contributed by atoms with Crippen LogP contribution in [0.3, 0.4) is 0 Å². The molecule has 4 rings (SSSR count). The van der Waals surface area contributed by atoms with E-state index in [-0.39, 0.29) is 41.8 Å². The number of Topliss-reactive ketones (excluding diaryl/α,β-unsaturated/α-hetero) is 1. The van der Waals surface area contributed by atoms with Crippen molar-refractivity contribution in [3.05, 3.63) is 82.3 Å². The third kappa shape index (κ3) is 3.16. The van der Waals surface area contributed by atoms with Crippen LogP contribution in [-0.2, 0) is 9.59 Å². The van der Waals surface area contributed by atoms with E-state index in [1.807, 2.05) is 0 Å². The van der Waals surface area contributed by atoms with Crippen LogP contribution >= 0.6 is 0 Å². The Morgan fingerprint density at radius 3 is 2.37 bits per heavy atom. The van der Waals surface area contributed by atoms with Gasteiger partial charge < -0.3 is 5.32 Å². The van der Waals surface area contributed by atoms with Gasteiger partial charge in [0.05, 0.1) is 0 Å². The van der Waals surface area contributed by atoms with Gasteiger partial charge in [0.2, 0.25) is 5.91 Å². The maximum absolute atomic E-state index is 14.3. The lowest BCUT2D eigenvalue weighted by Gasteiger charge is -2.34. The molecule has 0 saturated heterocycles. The number of carbonyl (C=O) groups excluding carboxylic acids is 2. The summed E-state index contributed by atoms with van der Waals surface area (Å²) in [5.74, 6) is -3.95. The van der Waals surface area contributed by atoms with Gasteiger partial charge in [-0.3, -0.25) is 9.59 Å². The maximum Gasteiger partial charge on any atom is 0.225 e. The molecule has 2 aromatic rings. The first kappa shape index (κ1) is 17.5. The molecule has 0 spiro atoms. The highest BCUT2D eigenvalue weighted by Gasteiger charge is 2.39. The number of allylic oxidation sites excluding steroid dienone is 2. The van der Waals surface area contributed by atoms with Crippen molar-refractivity contribution in [2.24, 2.45) is 0 Å². The van der Waals surface area contributed by atoms with Crippen molar-refractivity contribution < 1.29 is 22.8 Å². The fraction of sp³-hybridized carbons (Fsp3) is 0.238. The summed E-state index contributed by atoms with van der Waals surface area (Å²) < 4.78 is 41.1. The van der Waals surface area contributed by atoms with E-state index in [1.165, 1.54) is 24.3 Å². The van der Waals surface area contributed by atoms with Gasteiger partial charge in [-0.2, -0.15) is 0 Å². The van der Waals surface area contributed by atoms with Crippen molar-refractivity contribution in [3.63, 3.8) is 0 Å². The van der Waals surface area contributed by atoms with Gasteiger partial charge in [-0.1, -0.05) is 24.3 Å². The maximum atomic E-state index is 14.3. The molecule has 27 heavy (non-hydrogen) atoms. The Hall–Kier alpha value is -2.89. The molecule has 1 N–H and O–H groups in total. The van der Waals surface area contributed by atoms with Gasteiger partial charge in [-0.15, -0.1) is 0 Å². The van der Waals surface area contributed by atoms with Crippen LogP contribution in [0.2, 0.25) is 0 Å². The molecule has 1 amide bonds. The van der Waals surface area contributed by atoms with Gasteiger partial charge in [-0.05, 0) is 41.7 Å². The lowest BCUT2D eigenvalue weighted by atomic mass is 9.73. The van der Waals surface area contributed by atoms with Crippen LogP contribution in [0.15, 0.2) is 53.7 Å². The van der Waals surface area contributed by atoms with E-state index in [4.69, 9.17) is 0 Å². The molecular formula is C21H16F3NO2. The molecule has 6 heteroatoms. The van der Waals surface area contributed by atoms with Crippen molar-refractivity contribution in [1.29, 1.82) is 0 Å². The predicted molar refractivity (Wildman–Crippen MR) is 92.3 cm³/mol. The number of hydrogen-bond acceptors (Lipinski definition) is 2. The molecule has 2 aromatic carbocycles. The van der Waals surface area contributed by atoms with E-state index in [1.54, 1.807) is 12.1 Å². The average molecular weight is 371 g/mol. The van der Waals surface area contributed by atoms with Crippen molar-refractivity contribution in [3.8, 4) is 0 Å². The summed E-state index contributed by atoms with van der Waals surface area (Å²) >= 11 is 0. The van der Waals surface area contributed by atoms with Crippen LogP contribution in [0, 0.1) is 17.5 Å². The van der Waals surface area contributed by atoms with Gasteiger partial charge in [0, 0.05) is 30.0 Å². The summed E-state index contributed by atoms with van der Waals surface area (Å²) in [7, 11) is 0. The third-order valence-electron chi connectivity index (χ3n) is 5.23. The third-order valence-corrected chi connectivity index (χ3v) is 5.23. The Labute approximate surface area is 153 Å². The summed E-state index contributed by atoms with van der Waals surface area (Å²) in [4.78, 5) is 25.0. The highest BCUT2D eigenvalue weighted by Crippen LogP contribution is 2.43. The second-order valence-electron chi connectivity index (χ2n) is 6.92. The predicted octanol–water partition coefficient (Wildman–Crippen LogP) is 4.11. The van der Waals surface area contributed by atoms with E-state index in [9.17, 15) is 22.8 Å². The summed E-state index contributed by atoms with van der Waals surface area (Å²) in [6.07, 6.45) is 0.450. The van der Waals surface area contributed by atoms with E-state index < -0.39 is 17.6 Å². The van der Waals surface area contributed by atoms with E-state index >= 15 is 0 Å². The number of amides is 1. The molecular weight excluding hydrogens is 355 g/mol. The zero-order valence-electron chi connectivity index (χ0n) is 14.3. The van der Waals surface area contributed by atoms with Gasteiger partial charge in [0.1, 0.15) is 5.82 Å². The van der Waals surface area contributed by atoms with Gasteiger partial charge in [0.25, 0.3) is 0 Å². The molecule has 0 bridgehead atoms. The Bertz CT molecular complexity index is 966. The molecule has 2 aliphatic rings. The van der Waals surface area contributed by atoms with Crippen LogP contribution in [0.4, 0.5) is 13.2 Å². The molecule has 1 aliphatic carbocycles. The zero-order valence-corrected chi connectivity index (χ0v) is 14.3. The smallest absolute Gasteiger partial charge is 0.225 e. The van der Waals surface area contributed by atoms with Crippen LogP contribution in [0.5, 0.6) is 0 Å². The highest BCUT2D eigenvalue weighted by molar-refractivity contribution is 6.02. The topological polar surface area (TPSA) is 46.2 Å². The van der Waals surface area contributed by atoms with Gasteiger partial charge in [0.15, 0.2) is 17.4 Å². The van der Waals surface area contributed by atoms with E-state index in [2.05, 4.69) is 5.32 Å². The molecule has 0 fully saturated rings. The van der Waals surface area contributed by atoms with Crippen LogP contribution in [0.1, 0.15) is 42.2 Å². The lowest BCUT2D eigenvalue weighted by Crippen LogP contribution is -2.38. The molecule has 2 atom stereocenters. The van der Waals surface area contributed by atoms with Crippen LogP contribution < -0.4 is 5.32 Å². The molecule has 0 saturated carbocycles. The Kier molecular flexibility index (Phi) is 4.34. The van der Waals surface area contributed by atoms with Crippen molar-refractivity contribution in [2.75, 3.05) is 0 Å². The molecule has 0 unspecified atom stereocenters. The summed E-state index contributed by atoms with van der Waals surface area (Å²) in [5.41, 5.74) is 1.61. The highest BCUT2D eigenvalue weighted by atomic mass is 19.2. The zero-order chi connectivity index (χ0) is 19.1. The van der Waals surface area contributed by atoms with E-state index in [0.717, 1.165) is 11.6 Å². The Morgan fingerprint density at radius 2 is 1.63 bits per heavy atom. The number of ketones is 1. The number of benzene rings is 2. The summed E-state index contributed by atoms with van der Waals surface area (Å²) in [6.45, 7) is 0. The first-order valence-electron chi connectivity index (χ1n) is 8.69. The Balaban J connectivity index is 1.74. The molecule has 1 heterocycles. The Morgan fingerprint density at radius 1 is 0.889 bits per heavy atom. The van der Waals surface area contributed by atoms with Gasteiger partial charge >= 0.3 is 0 Å². The van der Waals surface area contributed by atoms with E-state index in [0.29, 0.717) is 17.7 Å². The molecule has 3 nitrogen and oxygen atoms in total. The minimum atomic E-state index is -1.03. The lowest BCUT2D eigenvalue weighted by molar-refractivity contribution is -0.122. The number of nitrogens with one attached hydrogen (secondary N) is 1. The quantitative estimate of drug-likeness (QED) is 0.864. The minimum Gasteiger partial charge on any atom is -0.329 e. The second kappa shape index (κ2) is 6.68. The first-order chi connectivity index (χ1) is 12.9. The summed E-state index contributed by atoms with van der Waals surface area (Å²) in [6, 6.07) is 9.67. The SMILES string of the molecule is O=C1C[C@@H](c2cccc(F)c2F)C2=C(C[C@@H](c3ccc(F)cc3)CC2=O)N1. The number of halogens is 3. The second-order valence-corrected chi connectivity index (χ2v) is 6.92. The molecule has 0 radical (unpaired) electrons. The largest absolute Gasteiger partial charge is 0.329 e. The van der Waals surface area contributed by atoms with Crippen molar-refractivity contribution in [2.45, 2.75) is 31.1 Å². The molecule has 138 valence electrons. The average Bonchev–Trinajstić information content (AvgIpc) is 2.63. The van der Waals surface area contributed by atoms with Crippen molar-refractivity contribution >= 4 is 11.7 Å². The summed E-state index contributed by atoms with van der Waals surface area (Å²) in [5, 5.41) is 2.72. The molecule has 1 aliphatic heterocycles. The van der Waals surface area contributed by atoms with Crippen LogP contribution in [-0.4, -0.2) is 11.7 Å². The normalized spacial score (nSPS) is 22.5. The minimum absolute atomic E-state index is 0.0194.